The van der Waals surface area contributed by atoms with Crippen molar-refractivity contribution in [2.75, 3.05) is 39.3 Å². The minimum absolute atomic E-state index is 0.119. The number of likely N-dealkylation sites (tertiary alicyclic amines) is 2. The third kappa shape index (κ3) is 3.91. The first kappa shape index (κ1) is 13.3. The van der Waals surface area contributed by atoms with Crippen molar-refractivity contribution in [3.8, 4) is 0 Å². The summed E-state index contributed by atoms with van der Waals surface area (Å²) in [6.07, 6.45) is 6.00. The largest absolute Gasteiger partial charge is 0.394 e. The molecule has 2 N–H and O–H groups in total. The van der Waals surface area contributed by atoms with Gasteiger partial charge in [0.2, 0.25) is 0 Å². The Kier molecular flexibility index (Phi) is 5.22. The van der Waals surface area contributed by atoms with Crippen molar-refractivity contribution in [1.82, 2.24) is 9.80 Å². The zero-order valence-electron chi connectivity index (χ0n) is 10.7. The standard InChI is InChI=1S/C13H26N2O2/c16-11-13(17)10-14-8-4-12(5-9-14)15-6-2-1-3-7-15/h12-13,16-17H,1-11H2. The van der Waals surface area contributed by atoms with Crippen LogP contribution >= 0.6 is 0 Å². The van der Waals surface area contributed by atoms with Gasteiger partial charge in [-0.25, -0.2) is 0 Å². The third-order valence-corrected chi connectivity index (χ3v) is 4.14. The van der Waals surface area contributed by atoms with Crippen molar-refractivity contribution >= 4 is 0 Å². The number of hydrogen-bond donors (Lipinski definition) is 2. The smallest absolute Gasteiger partial charge is 0.0897 e. The first-order chi connectivity index (χ1) is 8.29. The van der Waals surface area contributed by atoms with E-state index in [0.29, 0.717) is 6.54 Å². The molecule has 2 aliphatic rings. The van der Waals surface area contributed by atoms with E-state index in [1.165, 1.54) is 45.2 Å². The predicted molar refractivity (Wildman–Crippen MR) is 68.0 cm³/mol. The molecule has 0 aromatic carbocycles. The van der Waals surface area contributed by atoms with E-state index in [2.05, 4.69) is 9.80 Å². The van der Waals surface area contributed by atoms with Gasteiger partial charge in [0.15, 0.2) is 0 Å². The lowest BCUT2D eigenvalue weighted by Crippen LogP contribution is -2.48. The van der Waals surface area contributed by atoms with Crippen LogP contribution in [0, 0.1) is 0 Å². The van der Waals surface area contributed by atoms with Gasteiger partial charge in [0.1, 0.15) is 0 Å². The highest BCUT2D eigenvalue weighted by molar-refractivity contribution is 4.82. The second kappa shape index (κ2) is 6.69. The van der Waals surface area contributed by atoms with Crippen LogP contribution in [0.2, 0.25) is 0 Å². The molecule has 2 heterocycles. The number of hydrogen-bond acceptors (Lipinski definition) is 4. The molecule has 0 aromatic heterocycles. The number of aliphatic hydroxyl groups is 2. The summed E-state index contributed by atoms with van der Waals surface area (Å²) in [5.74, 6) is 0. The van der Waals surface area contributed by atoms with Gasteiger partial charge >= 0.3 is 0 Å². The first-order valence-electron chi connectivity index (χ1n) is 7.05. The van der Waals surface area contributed by atoms with Crippen LogP contribution in [0.15, 0.2) is 0 Å². The van der Waals surface area contributed by atoms with Crippen molar-refractivity contribution in [3.05, 3.63) is 0 Å². The van der Waals surface area contributed by atoms with E-state index in [1.54, 1.807) is 0 Å². The molecular formula is C13H26N2O2. The number of β-amino-alcohol motifs (C(OH)–C–C–N with tert-alkyl or cyclic N) is 1. The maximum atomic E-state index is 9.42. The maximum absolute atomic E-state index is 9.42. The Labute approximate surface area is 104 Å². The lowest BCUT2D eigenvalue weighted by atomic mass is 10.00. The number of piperidine rings is 2. The van der Waals surface area contributed by atoms with E-state index in [4.69, 9.17) is 5.11 Å². The second-order valence-electron chi connectivity index (χ2n) is 5.46. The summed E-state index contributed by atoms with van der Waals surface area (Å²) >= 11 is 0. The van der Waals surface area contributed by atoms with Crippen LogP contribution in [0.3, 0.4) is 0 Å². The van der Waals surface area contributed by atoms with Gasteiger partial charge in [0.25, 0.3) is 0 Å². The van der Waals surface area contributed by atoms with E-state index < -0.39 is 6.10 Å². The average Bonchev–Trinajstić information content (AvgIpc) is 2.40. The monoisotopic (exact) mass is 242 g/mol. The topological polar surface area (TPSA) is 46.9 Å². The molecule has 2 rings (SSSR count). The summed E-state index contributed by atoms with van der Waals surface area (Å²) in [6.45, 7) is 5.21. The average molecular weight is 242 g/mol. The van der Waals surface area contributed by atoms with Gasteiger partial charge in [0, 0.05) is 12.6 Å². The minimum Gasteiger partial charge on any atom is -0.394 e. The Hall–Kier alpha value is -0.160. The highest BCUT2D eigenvalue weighted by atomic mass is 16.3. The van der Waals surface area contributed by atoms with E-state index in [9.17, 15) is 5.11 Å². The molecule has 4 heteroatoms. The summed E-state index contributed by atoms with van der Waals surface area (Å²) in [5, 5.41) is 18.3. The van der Waals surface area contributed by atoms with Crippen LogP contribution in [0.1, 0.15) is 32.1 Å². The summed E-state index contributed by atoms with van der Waals surface area (Å²) < 4.78 is 0. The molecule has 100 valence electrons. The van der Waals surface area contributed by atoms with E-state index in [0.717, 1.165) is 19.1 Å². The SMILES string of the molecule is OCC(O)CN1CCC(N2CCCCC2)CC1. The van der Waals surface area contributed by atoms with E-state index >= 15 is 0 Å². The van der Waals surface area contributed by atoms with Crippen LogP contribution in [0.25, 0.3) is 0 Å². The Balaban J connectivity index is 1.70. The molecule has 2 aliphatic heterocycles. The van der Waals surface area contributed by atoms with Crippen LogP contribution in [0.5, 0.6) is 0 Å². The van der Waals surface area contributed by atoms with Crippen LogP contribution in [-0.4, -0.2) is 71.5 Å². The lowest BCUT2D eigenvalue weighted by molar-refractivity contribution is 0.0351. The van der Waals surface area contributed by atoms with Gasteiger partial charge in [-0.15, -0.1) is 0 Å². The van der Waals surface area contributed by atoms with Crippen LogP contribution in [-0.2, 0) is 0 Å². The molecule has 0 aromatic rings. The van der Waals surface area contributed by atoms with Gasteiger partial charge in [0.05, 0.1) is 12.7 Å². The molecule has 1 atom stereocenters. The Morgan fingerprint density at radius 2 is 1.65 bits per heavy atom. The molecule has 0 aliphatic carbocycles. The van der Waals surface area contributed by atoms with Crippen molar-refractivity contribution in [1.29, 1.82) is 0 Å². The predicted octanol–water partition coefficient (Wildman–Crippen LogP) is 0.290. The summed E-state index contributed by atoms with van der Waals surface area (Å²) in [4.78, 5) is 4.94. The fraction of sp³-hybridized carbons (Fsp3) is 1.00. The Bertz CT molecular complexity index is 211. The molecule has 1 unspecified atom stereocenters. The number of rotatable bonds is 4. The summed E-state index contributed by atoms with van der Waals surface area (Å²) in [7, 11) is 0. The first-order valence-corrected chi connectivity index (χ1v) is 7.05. The van der Waals surface area contributed by atoms with Gasteiger partial charge in [-0.1, -0.05) is 6.42 Å². The zero-order valence-corrected chi connectivity index (χ0v) is 10.7. The van der Waals surface area contributed by atoms with Crippen LogP contribution in [0.4, 0.5) is 0 Å². The Morgan fingerprint density at radius 1 is 1.00 bits per heavy atom. The molecule has 2 saturated heterocycles. The molecular weight excluding hydrogens is 216 g/mol. The van der Waals surface area contributed by atoms with Gasteiger partial charge in [-0.3, -0.25) is 0 Å². The molecule has 0 saturated carbocycles. The van der Waals surface area contributed by atoms with Crippen molar-refractivity contribution in [2.45, 2.75) is 44.2 Å². The number of nitrogens with zero attached hydrogens (tertiary/aromatic N) is 2. The van der Waals surface area contributed by atoms with Gasteiger partial charge in [-0.2, -0.15) is 0 Å². The quantitative estimate of drug-likeness (QED) is 0.744. The molecule has 0 radical (unpaired) electrons. The summed E-state index contributed by atoms with van der Waals surface area (Å²) in [5.41, 5.74) is 0. The van der Waals surface area contributed by atoms with Crippen molar-refractivity contribution < 1.29 is 10.2 Å². The normalized spacial score (nSPS) is 27.2. The second-order valence-corrected chi connectivity index (χ2v) is 5.46. The highest BCUT2D eigenvalue weighted by Crippen LogP contribution is 2.20. The Morgan fingerprint density at radius 3 is 2.24 bits per heavy atom. The molecule has 0 spiro atoms. The van der Waals surface area contributed by atoms with Crippen LogP contribution < -0.4 is 0 Å². The highest BCUT2D eigenvalue weighted by Gasteiger charge is 2.25. The molecule has 17 heavy (non-hydrogen) atoms. The third-order valence-electron chi connectivity index (χ3n) is 4.14. The van der Waals surface area contributed by atoms with Gasteiger partial charge < -0.3 is 20.0 Å². The number of aliphatic hydroxyl groups excluding tert-OH is 2. The molecule has 2 fully saturated rings. The molecule has 0 amide bonds. The minimum atomic E-state index is -0.568. The fourth-order valence-electron chi connectivity index (χ4n) is 3.11. The van der Waals surface area contributed by atoms with Crippen molar-refractivity contribution in [3.63, 3.8) is 0 Å². The maximum Gasteiger partial charge on any atom is 0.0897 e. The zero-order chi connectivity index (χ0) is 12.1. The van der Waals surface area contributed by atoms with Gasteiger partial charge in [-0.05, 0) is 51.9 Å². The summed E-state index contributed by atoms with van der Waals surface area (Å²) in [6, 6.07) is 0.762. The fourth-order valence-corrected chi connectivity index (χ4v) is 3.11. The van der Waals surface area contributed by atoms with E-state index in [1.807, 2.05) is 0 Å². The molecule has 4 nitrogen and oxygen atoms in total. The van der Waals surface area contributed by atoms with Crippen molar-refractivity contribution in [2.24, 2.45) is 0 Å². The van der Waals surface area contributed by atoms with E-state index in [-0.39, 0.29) is 6.61 Å². The lowest BCUT2D eigenvalue weighted by Gasteiger charge is -2.40. The molecule has 0 bridgehead atoms.